The highest BCUT2D eigenvalue weighted by Gasteiger charge is 2.41. The van der Waals surface area contributed by atoms with Crippen LogP contribution in [0, 0.1) is 9.12 Å². The van der Waals surface area contributed by atoms with E-state index in [1.807, 2.05) is 6.07 Å². The number of pyridine rings is 1. The van der Waals surface area contributed by atoms with Crippen LogP contribution in [0.2, 0.25) is 5.15 Å². The van der Waals surface area contributed by atoms with E-state index >= 15 is 0 Å². The summed E-state index contributed by atoms with van der Waals surface area (Å²) in [5, 5.41) is 0.343. The number of aromatic nitrogens is 1. The average molecular weight is 455 g/mol. The molecule has 0 amide bonds. The van der Waals surface area contributed by atoms with Crippen molar-refractivity contribution in [1.82, 2.24) is 4.98 Å². The Bertz CT molecular complexity index is 542. The monoisotopic (exact) mass is 454 g/mol. The third-order valence-corrected chi connectivity index (χ3v) is 5.31. The highest BCUT2D eigenvalue weighted by atomic mass is 127. The first-order valence-electron chi connectivity index (χ1n) is 7.75. The summed E-state index contributed by atoms with van der Waals surface area (Å²) in [5.74, 6) is 1.21. The van der Waals surface area contributed by atoms with Crippen molar-refractivity contribution in [1.29, 1.82) is 0 Å². The number of hydrogen-bond donors (Lipinski definition) is 1. The van der Waals surface area contributed by atoms with Gasteiger partial charge in [0, 0.05) is 32.2 Å². The van der Waals surface area contributed by atoms with E-state index in [0.29, 0.717) is 33.6 Å². The summed E-state index contributed by atoms with van der Waals surface area (Å²) in [6, 6.07) is 1.81. The van der Waals surface area contributed by atoms with E-state index in [1.54, 1.807) is 7.11 Å². The van der Waals surface area contributed by atoms with Gasteiger partial charge in [-0.25, -0.2) is 4.98 Å². The van der Waals surface area contributed by atoms with Gasteiger partial charge in [-0.3, -0.25) is 0 Å². The fourth-order valence-corrected chi connectivity index (χ4v) is 3.52. The zero-order valence-corrected chi connectivity index (χ0v) is 16.7. The molecular formula is C16H24ClIN2O3. The van der Waals surface area contributed by atoms with Crippen LogP contribution in [0.5, 0.6) is 11.5 Å². The van der Waals surface area contributed by atoms with Crippen molar-refractivity contribution in [2.24, 2.45) is 11.1 Å². The van der Waals surface area contributed by atoms with E-state index in [0.717, 1.165) is 19.3 Å². The van der Waals surface area contributed by atoms with Gasteiger partial charge < -0.3 is 19.9 Å². The fourth-order valence-electron chi connectivity index (χ4n) is 2.66. The molecule has 0 saturated heterocycles. The van der Waals surface area contributed by atoms with Gasteiger partial charge in [0.2, 0.25) is 0 Å². The van der Waals surface area contributed by atoms with Crippen LogP contribution in [-0.4, -0.2) is 37.5 Å². The molecule has 0 spiro atoms. The second-order valence-corrected chi connectivity index (χ2v) is 7.85. The van der Waals surface area contributed by atoms with Crippen molar-refractivity contribution >= 4 is 34.2 Å². The second kappa shape index (κ2) is 8.18. The molecule has 0 aliphatic heterocycles. The SMILES string of the molecule is COCCCOc1cc(OC2CCC(C)(C)C2N)c(I)nc1Cl. The van der Waals surface area contributed by atoms with Gasteiger partial charge in [0.1, 0.15) is 9.80 Å². The molecule has 23 heavy (non-hydrogen) atoms. The lowest BCUT2D eigenvalue weighted by Gasteiger charge is -2.27. The maximum absolute atomic E-state index is 6.32. The summed E-state index contributed by atoms with van der Waals surface area (Å²) in [6.07, 6.45) is 2.77. The highest BCUT2D eigenvalue weighted by molar-refractivity contribution is 14.1. The minimum atomic E-state index is -0.0113. The first-order valence-corrected chi connectivity index (χ1v) is 9.21. The third kappa shape index (κ3) is 4.84. The normalized spacial score (nSPS) is 23.0. The second-order valence-electron chi connectivity index (χ2n) is 6.47. The Morgan fingerprint density at radius 2 is 2.13 bits per heavy atom. The molecule has 2 atom stereocenters. The number of nitrogens with two attached hydrogens (primary N) is 1. The molecule has 2 unspecified atom stereocenters. The zero-order valence-electron chi connectivity index (χ0n) is 13.8. The van der Waals surface area contributed by atoms with Crippen LogP contribution in [0.15, 0.2) is 6.07 Å². The van der Waals surface area contributed by atoms with Crippen LogP contribution in [-0.2, 0) is 4.74 Å². The maximum atomic E-state index is 6.32. The Labute approximate surface area is 156 Å². The van der Waals surface area contributed by atoms with Crippen molar-refractivity contribution < 1.29 is 14.2 Å². The molecule has 1 heterocycles. The van der Waals surface area contributed by atoms with E-state index in [1.165, 1.54) is 0 Å². The highest BCUT2D eigenvalue weighted by Crippen LogP contribution is 2.39. The average Bonchev–Trinajstić information content (AvgIpc) is 2.74. The summed E-state index contributed by atoms with van der Waals surface area (Å²) in [5.41, 5.74) is 6.41. The molecular weight excluding hydrogens is 431 g/mol. The van der Waals surface area contributed by atoms with Crippen molar-refractivity contribution in [3.63, 3.8) is 0 Å². The Morgan fingerprint density at radius 1 is 1.39 bits per heavy atom. The zero-order chi connectivity index (χ0) is 17.0. The van der Waals surface area contributed by atoms with Crippen LogP contribution < -0.4 is 15.2 Å². The van der Waals surface area contributed by atoms with Crippen molar-refractivity contribution in [2.75, 3.05) is 20.3 Å². The number of hydrogen-bond acceptors (Lipinski definition) is 5. The molecule has 1 aliphatic rings. The van der Waals surface area contributed by atoms with Gasteiger partial charge in [-0.2, -0.15) is 0 Å². The topological polar surface area (TPSA) is 66.6 Å². The standard InChI is InChI=1S/C16H24ClIN2O3/c1-16(2)6-5-10(13(16)19)23-12-9-11(14(17)20-15(12)18)22-8-4-7-21-3/h9-10,13H,4-8,19H2,1-3H3. The molecule has 2 rings (SSSR count). The summed E-state index contributed by atoms with van der Waals surface area (Å²) in [6.45, 7) is 5.52. The third-order valence-electron chi connectivity index (χ3n) is 4.27. The lowest BCUT2D eigenvalue weighted by molar-refractivity contribution is 0.160. The molecule has 7 heteroatoms. The van der Waals surface area contributed by atoms with Gasteiger partial charge in [0.25, 0.3) is 0 Å². The van der Waals surface area contributed by atoms with Crippen LogP contribution in [0.1, 0.15) is 33.1 Å². The van der Waals surface area contributed by atoms with E-state index in [4.69, 9.17) is 31.5 Å². The molecule has 1 aromatic heterocycles. The molecule has 1 saturated carbocycles. The molecule has 0 radical (unpaired) electrons. The fraction of sp³-hybridized carbons (Fsp3) is 0.688. The predicted molar refractivity (Wildman–Crippen MR) is 99.4 cm³/mol. The number of halogens is 2. The van der Waals surface area contributed by atoms with Crippen LogP contribution in [0.25, 0.3) is 0 Å². The Kier molecular flexibility index (Phi) is 6.77. The minimum absolute atomic E-state index is 0.0000457. The van der Waals surface area contributed by atoms with Gasteiger partial charge in [-0.1, -0.05) is 25.4 Å². The Balaban J connectivity index is 2.06. The molecule has 1 aliphatic carbocycles. The van der Waals surface area contributed by atoms with E-state index < -0.39 is 0 Å². The molecule has 2 N–H and O–H groups in total. The Morgan fingerprint density at radius 3 is 2.74 bits per heavy atom. The lowest BCUT2D eigenvalue weighted by atomic mass is 9.88. The van der Waals surface area contributed by atoms with Crippen molar-refractivity contribution in [3.8, 4) is 11.5 Å². The Hall–Kier alpha value is -0.310. The van der Waals surface area contributed by atoms with Crippen LogP contribution in [0.3, 0.4) is 0 Å². The first-order chi connectivity index (χ1) is 10.8. The largest absolute Gasteiger partial charge is 0.490 e. The smallest absolute Gasteiger partial charge is 0.172 e. The molecule has 1 fully saturated rings. The summed E-state index contributed by atoms with van der Waals surface area (Å²) >= 11 is 8.27. The maximum Gasteiger partial charge on any atom is 0.172 e. The van der Waals surface area contributed by atoms with Gasteiger partial charge in [0.15, 0.2) is 16.7 Å². The summed E-state index contributed by atoms with van der Waals surface area (Å²) in [7, 11) is 1.66. The van der Waals surface area contributed by atoms with Crippen LogP contribution in [0.4, 0.5) is 0 Å². The molecule has 0 bridgehead atoms. The summed E-state index contributed by atoms with van der Waals surface area (Å²) in [4.78, 5) is 4.31. The number of rotatable bonds is 7. The van der Waals surface area contributed by atoms with E-state index in [2.05, 4.69) is 41.4 Å². The molecule has 1 aromatic rings. The van der Waals surface area contributed by atoms with Crippen molar-refractivity contribution in [3.05, 3.63) is 14.9 Å². The van der Waals surface area contributed by atoms with Gasteiger partial charge in [0.05, 0.1) is 6.61 Å². The molecule has 0 aromatic carbocycles. The number of methoxy groups -OCH3 is 1. The first kappa shape index (κ1) is 19.0. The minimum Gasteiger partial charge on any atom is -0.490 e. The van der Waals surface area contributed by atoms with Gasteiger partial charge in [-0.05, 0) is 40.8 Å². The number of ether oxygens (including phenoxy) is 3. The van der Waals surface area contributed by atoms with E-state index in [-0.39, 0.29) is 17.6 Å². The predicted octanol–water partition coefficient (Wildman–Crippen LogP) is 3.65. The van der Waals surface area contributed by atoms with Gasteiger partial charge in [-0.15, -0.1) is 0 Å². The van der Waals surface area contributed by atoms with Crippen molar-refractivity contribution in [2.45, 2.75) is 45.3 Å². The molecule has 5 nitrogen and oxygen atoms in total. The van der Waals surface area contributed by atoms with E-state index in [9.17, 15) is 0 Å². The molecule has 130 valence electrons. The lowest BCUT2D eigenvalue weighted by Crippen LogP contribution is -2.42. The summed E-state index contributed by atoms with van der Waals surface area (Å²) < 4.78 is 17.5. The quantitative estimate of drug-likeness (QED) is 0.387. The van der Waals surface area contributed by atoms with Crippen LogP contribution >= 0.6 is 34.2 Å². The van der Waals surface area contributed by atoms with Gasteiger partial charge >= 0.3 is 0 Å². The number of nitrogens with zero attached hydrogens (tertiary/aromatic N) is 1.